The summed E-state index contributed by atoms with van der Waals surface area (Å²) in [5.74, 6) is -0.888. The molecular weight excluding hydrogens is 212 g/mol. The summed E-state index contributed by atoms with van der Waals surface area (Å²) in [7, 11) is 1.50. The van der Waals surface area contributed by atoms with E-state index < -0.39 is 12.2 Å². The molecule has 0 rings (SSSR count). The predicted molar refractivity (Wildman–Crippen MR) is 59.0 cm³/mol. The Kier molecular flexibility index (Phi) is 9.18. The van der Waals surface area contributed by atoms with Crippen LogP contribution in [0.15, 0.2) is 0 Å². The summed E-state index contributed by atoms with van der Waals surface area (Å²) >= 11 is 0. The molecule has 96 valence electrons. The highest BCUT2D eigenvalue weighted by Gasteiger charge is 2.30. The Morgan fingerprint density at radius 1 is 1.12 bits per heavy atom. The minimum Gasteiger partial charge on any atom is -0.466 e. The Morgan fingerprint density at radius 2 is 1.81 bits per heavy atom. The Balaban J connectivity index is 4.41. The fourth-order valence-corrected chi connectivity index (χ4v) is 1.26. The molecule has 0 N–H and O–H groups in total. The van der Waals surface area contributed by atoms with Crippen LogP contribution in [0.3, 0.4) is 0 Å². The minimum atomic E-state index is -0.615. The Morgan fingerprint density at radius 3 is 2.25 bits per heavy atom. The van der Waals surface area contributed by atoms with Crippen molar-refractivity contribution < 1.29 is 23.7 Å². The molecule has 0 aromatic rings. The minimum absolute atomic E-state index is 0.244. The molecule has 5 nitrogen and oxygen atoms in total. The first-order valence-corrected chi connectivity index (χ1v) is 5.59. The topological polar surface area (TPSA) is 54.0 Å². The highest BCUT2D eigenvalue weighted by Crippen LogP contribution is 2.12. The summed E-state index contributed by atoms with van der Waals surface area (Å²) in [6, 6.07) is 0. The van der Waals surface area contributed by atoms with E-state index >= 15 is 0 Å². The molecule has 0 aromatic heterocycles. The van der Waals surface area contributed by atoms with E-state index in [0.717, 1.165) is 0 Å². The van der Waals surface area contributed by atoms with E-state index in [0.29, 0.717) is 19.8 Å². The first-order valence-electron chi connectivity index (χ1n) is 5.59. The van der Waals surface area contributed by atoms with Crippen molar-refractivity contribution >= 4 is 5.97 Å². The molecule has 0 amide bonds. The van der Waals surface area contributed by atoms with E-state index in [1.165, 1.54) is 7.11 Å². The second kappa shape index (κ2) is 9.57. The Bertz CT molecular complexity index is 183. The molecule has 0 heterocycles. The van der Waals surface area contributed by atoms with Crippen LogP contribution >= 0.6 is 0 Å². The third-order valence-corrected chi connectivity index (χ3v) is 1.98. The summed E-state index contributed by atoms with van der Waals surface area (Å²) in [6.45, 7) is 7.06. The monoisotopic (exact) mass is 234 g/mol. The van der Waals surface area contributed by atoms with Gasteiger partial charge in [0.05, 0.1) is 13.2 Å². The molecule has 2 unspecified atom stereocenters. The average Bonchev–Trinajstić information content (AvgIpc) is 2.28. The van der Waals surface area contributed by atoms with Crippen LogP contribution in [0, 0.1) is 5.92 Å². The number of rotatable bonds is 9. The number of esters is 1. The molecule has 0 aliphatic heterocycles. The second-order valence-corrected chi connectivity index (χ2v) is 3.08. The van der Waals surface area contributed by atoms with Crippen LogP contribution in [0.4, 0.5) is 0 Å². The maximum atomic E-state index is 11.7. The van der Waals surface area contributed by atoms with Gasteiger partial charge in [0.15, 0.2) is 6.29 Å². The second-order valence-electron chi connectivity index (χ2n) is 3.08. The van der Waals surface area contributed by atoms with Gasteiger partial charge in [0, 0.05) is 20.3 Å². The van der Waals surface area contributed by atoms with Gasteiger partial charge in [-0.2, -0.15) is 0 Å². The Labute approximate surface area is 97.0 Å². The smallest absolute Gasteiger partial charge is 0.316 e. The van der Waals surface area contributed by atoms with E-state index in [4.69, 9.17) is 18.9 Å². The van der Waals surface area contributed by atoms with Gasteiger partial charge in [-0.1, -0.05) is 0 Å². The summed E-state index contributed by atoms with van der Waals surface area (Å²) < 4.78 is 20.6. The largest absolute Gasteiger partial charge is 0.466 e. The van der Waals surface area contributed by atoms with Crippen LogP contribution in [0.5, 0.6) is 0 Å². The molecule has 5 heteroatoms. The van der Waals surface area contributed by atoms with Crippen molar-refractivity contribution in [2.75, 3.05) is 33.5 Å². The number of hydrogen-bond donors (Lipinski definition) is 0. The van der Waals surface area contributed by atoms with E-state index in [1.54, 1.807) is 6.92 Å². The van der Waals surface area contributed by atoms with Gasteiger partial charge in [0.25, 0.3) is 0 Å². The SMILES string of the molecule is CCOCC(C(=O)OCC)C(OC)OCC. The molecule has 0 saturated carbocycles. The van der Waals surface area contributed by atoms with Crippen molar-refractivity contribution in [1.82, 2.24) is 0 Å². The van der Waals surface area contributed by atoms with Gasteiger partial charge in [0.2, 0.25) is 0 Å². The molecule has 0 fully saturated rings. The number of carbonyl (C=O) groups excluding carboxylic acids is 1. The highest BCUT2D eigenvalue weighted by molar-refractivity contribution is 5.73. The molecule has 0 aliphatic carbocycles. The summed E-state index contributed by atoms with van der Waals surface area (Å²) in [5, 5.41) is 0. The zero-order valence-electron chi connectivity index (χ0n) is 10.5. The van der Waals surface area contributed by atoms with E-state index in [2.05, 4.69) is 0 Å². The first kappa shape index (κ1) is 15.3. The van der Waals surface area contributed by atoms with E-state index in [9.17, 15) is 4.79 Å². The van der Waals surface area contributed by atoms with Crippen molar-refractivity contribution in [3.63, 3.8) is 0 Å². The van der Waals surface area contributed by atoms with Gasteiger partial charge in [-0.15, -0.1) is 0 Å². The van der Waals surface area contributed by atoms with Crippen LogP contribution in [0.25, 0.3) is 0 Å². The molecule has 0 bridgehead atoms. The molecule has 0 saturated heterocycles. The maximum Gasteiger partial charge on any atom is 0.316 e. The molecule has 16 heavy (non-hydrogen) atoms. The van der Waals surface area contributed by atoms with Crippen LogP contribution in [-0.2, 0) is 23.7 Å². The van der Waals surface area contributed by atoms with Crippen LogP contribution in [-0.4, -0.2) is 45.8 Å². The fourth-order valence-electron chi connectivity index (χ4n) is 1.26. The van der Waals surface area contributed by atoms with E-state index in [-0.39, 0.29) is 12.6 Å². The average molecular weight is 234 g/mol. The Hall–Kier alpha value is -0.650. The van der Waals surface area contributed by atoms with Crippen molar-refractivity contribution in [2.45, 2.75) is 27.1 Å². The van der Waals surface area contributed by atoms with Crippen LogP contribution in [0.2, 0.25) is 0 Å². The van der Waals surface area contributed by atoms with Gasteiger partial charge in [-0.3, -0.25) is 4.79 Å². The summed E-state index contributed by atoms with van der Waals surface area (Å²) in [5.41, 5.74) is 0. The van der Waals surface area contributed by atoms with E-state index in [1.807, 2.05) is 13.8 Å². The van der Waals surface area contributed by atoms with Gasteiger partial charge in [0.1, 0.15) is 5.92 Å². The highest BCUT2D eigenvalue weighted by atomic mass is 16.7. The standard InChI is InChI=1S/C11H22O5/c1-5-14-8-9(10(12)15-6-2)11(13-4)16-7-3/h9,11H,5-8H2,1-4H3. The molecule has 0 aromatic carbocycles. The fraction of sp³-hybridized carbons (Fsp3) is 0.909. The van der Waals surface area contributed by atoms with Crippen molar-refractivity contribution in [2.24, 2.45) is 5.92 Å². The van der Waals surface area contributed by atoms with Crippen molar-refractivity contribution in [3.05, 3.63) is 0 Å². The lowest BCUT2D eigenvalue weighted by Gasteiger charge is -2.23. The van der Waals surface area contributed by atoms with Gasteiger partial charge < -0.3 is 18.9 Å². The summed E-state index contributed by atoms with van der Waals surface area (Å²) in [4.78, 5) is 11.7. The third kappa shape index (κ3) is 5.44. The lowest BCUT2D eigenvalue weighted by atomic mass is 10.1. The molecule has 0 radical (unpaired) electrons. The van der Waals surface area contributed by atoms with Crippen LogP contribution in [0.1, 0.15) is 20.8 Å². The zero-order valence-corrected chi connectivity index (χ0v) is 10.5. The summed E-state index contributed by atoms with van der Waals surface area (Å²) in [6.07, 6.45) is -0.615. The molecule has 0 spiro atoms. The van der Waals surface area contributed by atoms with Gasteiger partial charge in [-0.05, 0) is 20.8 Å². The quantitative estimate of drug-likeness (QED) is 0.443. The first-order chi connectivity index (χ1) is 7.71. The van der Waals surface area contributed by atoms with Crippen molar-refractivity contribution in [3.8, 4) is 0 Å². The number of methoxy groups -OCH3 is 1. The van der Waals surface area contributed by atoms with Crippen molar-refractivity contribution in [1.29, 1.82) is 0 Å². The molecule has 0 aliphatic rings. The third-order valence-electron chi connectivity index (χ3n) is 1.98. The lowest BCUT2D eigenvalue weighted by Crippen LogP contribution is -2.37. The van der Waals surface area contributed by atoms with Gasteiger partial charge >= 0.3 is 5.97 Å². The number of carbonyl (C=O) groups is 1. The number of hydrogen-bond acceptors (Lipinski definition) is 5. The maximum absolute atomic E-state index is 11.7. The van der Waals surface area contributed by atoms with Gasteiger partial charge in [-0.25, -0.2) is 0 Å². The van der Waals surface area contributed by atoms with Crippen LogP contribution < -0.4 is 0 Å². The zero-order chi connectivity index (χ0) is 12.4. The molecular formula is C11H22O5. The predicted octanol–water partition coefficient (Wildman–Crippen LogP) is 1.21. The lowest BCUT2D eigenvalue weighted by molar-refractivity contribution is -0.189. The number of ether oxygens (including phenoxy) is 4. The molecule has 2 atom stereocenters. The normalized spacial score (nSPS) is 14.5.